The molecule has 164 valence electrons. The van der Waals surface area contributed by atoms with Crippen LogP contribution in [0, 0.1) is 13.8 Å². The summed E-state index contributed by atoms with van der Waals surface area (Å²) in [4.78, 5) is 15.2. The van der Waals surface area contributed by atoms with Gasteiger partial charge in [-0.3, -0.25) is 4.90 Å². The highest BCUT2D eigenvalue weighted by molar-refractivity contribution is 9.10. The Morgan fingerprint density at radius 2 is 1.75 bits per heavy atom. The van der Waals surface area contributed by atoms with Crippen molar-refractivity contribution in [3.8, 4) is 11.1 Å². The summed E-state index contributed by atoms with van der Waals surface area (Å²) in [6.07, 6.45) is 4.79. The SMILES string of the molecule is Cc1ccc(-c2ccc3c(c2)C2(CCCC2)CN3C(=O)NCc2ccc(Br)cc2)c(C)c1. The standard InChI is InChI=1S/C28H29BrN2O/c1-19-5-11-24(20(2)15-19)22-8-12-26-25(16-22)28(13-3-4-14-28)18-31(26)27(32)30-17-21-6-9-23(29)10-7-21/h5-12,15-16H,3-4,13-14,17-18H2,1-2H3,(H,30,32). The van der Waals surface area contributed by atoms with Gasteiger partial charge < -0.3 is 5.32 Å². The van der Waals surface area contributed by atoms with Crippen molar-refractivity contribution in [1.82, 2.24) is 5.32 Å². The molecule has 3 aromatic carbocycles. The highest BCUT2D eigenvalue weighted by Gasteiger charge is 2.46. The molecule has 0 unspecified atom stereocenters. The third-order valence-electron chi connectivity index (χ3n) is 7.18. The van der Waals surface area contributed by atoms with E-state index in [1.165, 1.54) is 40.7 Å². The minimum absolute atomic E-state index is 0.00258. The predicted octanol–water partition coefficient (Wildman–Crippen LogP) is 7.27. The van der Waals surface area contributed by atoms with Gasteiger partial charge in [0.05, 0.1) is 0 Å². The summed E-state index contributed by atoms with van der Waals surface area (Å²) in [5.74, 6) is 0. The lowest BCUT2D eigenvalue weighted by atomic mass is 9.79. The normalized spacial score (nSPS) is 16.4. The molecule has 0 bridgehead atoms. The molecule has 1 N–H and O–H groups in total. The predicted molar refractivity (Wildman–Crippen MR) is 135 cm³/mol. The van der Waals surface area contributed by atoms with E-state index in [1.807, 2.05) is 29.2 Å². The first-order chi connectivity index (χ1) is 15.4. The molecule has 0 atom stereocenters. The molecular formula is C28H29BrN2O. The van der Waals surface area contributed by atoms with E-state index in [4.69, 9.17) is 0 Å². The Bertz CT molecular complexity index is 1160. The maximum atomic E-state index is 13.2. The summed E-state index contributed by atoms with van der Waals surface area (Å²) in [5, 5.41) is 3.14. The molecule has 2 amide bonds. The quantitative estimate of drug-likeness (QED) is 0.412. The van der Waals surface area contributed by atoms with Crippen molar-refractivity contribution in [2.24, 2.45) is 0 Å². The Hall–Kier alpha value is -2.59. The van der Waals surface area contributed by atoms with E-state index in [0.29, 0.717) is 6.54 Å². The van der Waals surface area contributed by atoms with Crippen LogP contribution >= 0.6 is 15.9 Å². The Kier molecular flexibility index (Phi) is 5.58. The fraction of sp³-hybridized carbons (Fsp3) is 0.321. The van der Waals surface area contributed by atoms with Gasteiger partial charge in [-0.2, -0.15) is 0 Å². The highest BCUT2D eigenvalue weighted by Crippen LogP contribution is 2.51. The van der Waals surface area contributed by atoms with E-state index in [0.717, 1.165) is 35.1 Å². The number of benzene rings is 3. The lowest BCUT2D eigenvalue weighted by molar-refractivity contribution is 0.245. The molecule has 32 heavy (non-hydrogen) atoms. The average molecular weight is 489 g/mol. The summed E-state index contributed by atoms with van der Waals surface area (Å²) >= 11 is 3.47. The van der Waals surface area contributed by atoms with Gasteiger partial charge in [0.1, 0.15) is 0 Å². The maximum Gasteiger partial charge on any atom is 0.322 e. The molecule has 4 heteroatoms. The van der Waals surface area contributed by atoms with Crippen LogP contribution in [0.5, 0.6) is 0 Å². The summed E-state index contributed by atoms with van der Waals surface area (Å²) in [7, 11) is 0. The topological polar surface area (TPSA) is 32.3 Å². The third kappa shape index (κ3) is 3.86. The van der Waals surface area contributed by atoms with Gasteiger partial charge in [-0.25, -0.2) is 4.79 Å². The third-order valence-corrected chi connectivity index (χ3v) is 7.70. The van der Waals surface area contributed by atoms with Crippen LogP contribution in [0.4, 0.5) is 10.5 Å². The minimum atomic E-state index is -0.00258. The van der Waals surface area contributed by atoms with Gasteiger partial charge in [0, 0.05) is 28.7 Å². The first kappa shape index (κ1) is 21.3. The second kappa shape index (κ2) is 8.40. The molecule has 2 aliphatic rings. The van der Waals surface area contributed by atoms with Crippen molar-refractivity contribution in [2.75, 3.05) is 11.4 Å². The van der Waals surface area contributed by atoms with Gasteiger partial charge in [0.15, 0.2) is 0 Å². The van der Waals surface area contributed by atoms with Crippen LogP contribution in [0.25, 0.3) is 11.1 Å². The van der Waals surface area contributed by atoms with Crippen LogP contribution in [0.15, 0.2) is 65.1 Å². The van der Waals surface area contributed by atoms with Crippen LogP contribution in [0.2, 0.25) is 0 Å². The first-order valence-corrected chi connectivity index (χ1v) is 12.3. The number of hydrogen-bond acceptors (Lipinski definition) is 1. The number of nitrogens with zero attached hydrogens (tertiary/aromatic N) is 1. The van der Waals surface area contributed by atoms with Gasteiger partial charge in [-0.1, -0.05) is 70.7 Å². The lowest BCUT2D eigenvalue weighted by Crippen LogP contribution is -2.41. The maximum absolute atomic E-state index is 13.2. The number of amides is 2. The van der Waals surface area contributed by atoms with Crippen molar-refractivity contribution in [2.45, 2.75) is 51.5 Å². The first-order valence-electron chi connectivity index (χ1n) is 11.5. The molecule has 5 rings (SSSR count). The second-order valence-electron chi connectivity index (χ2n) is 9.41. The molecule has 1 heterocycles. The molecule has 0 radical (unpaired) electrons. The molecule has 1 aliphatic heterocycles. The summed E-state index contributed by atoms with van der Waals surface area (Å²) < 4.78 is 1.05. The van der Waals surface area contributed by atoms with E-state index >= 15 is 0 Å². The number of fused-ring (bicyclic) bond motifs is 2. The van der Waals surface area contributed by atoms with Crippen LogP contribution in [0.1, 0.15) is 47.9 Å². The Morgan fingerprint density at radius 1 is 1.00 bits per heavy atom. The molecule has 3 nitrogen and oxygen atoms in total. The van der Waals surface area contributed by atoms with Crippen molar-refractivity contribution < 1.29 is 4.79 Å². The number of urea groups is 1. The number of aryl methyl sites for hydroxylation is 2. The fourth-order valence-corrected chi connectivity index (χ4v) is 5.77. The number of anilines is 1. The van der Waals surface area contributed by atoms with E-state index in [1.54, 1.807) is 0 Å². The van der Waals surface area contributed by atoms with Gasteiger partial charge >= 0.3 is 6.03 Å². The Balaban J connectivity index is 1.45. The van der Waals surface area contributed by atoms with Crippen LogP contribution in [0.3, 0.4) is 0 Å². The second-order valence-corrected chi connectivity index (χ2v) is 10.3. The van der Waals surface area contributed by atoms with Gasteiger partial charge in [-0.15, -0.1) is 0 Å². The molecular weight excluding hydrogens is 460 g/mol. The number of carbonyl (C=O) groups is 1. The van der Waals surface area contributed by atoms with Crippen molar-refractivity contribution in [3.63, 3.8) is 0 Å². The minimum Gasteiger partial charge on any atom is -0.334 e. The van der Waals surface area contributed by atoms with Crippen molar-refractivity contribution in [1.29, 1.82) is 0 Å². The van der Waals surface area contributed by atoms with E-state index in [9.17, 15) is 4.79 Å². The largest absolute Gasteiger partial charge is 0.334 e. The zero-order valence-corrected chi connectivity index (χ0v) is 20.3. The van der Waals surface area contributed by atoms with E-state index in [-0.39, 0.29) is 11.4 Å². The number of carbonyl (C=O) groups excluding carboxylic acids is 1. The van der Waals surface area contributed by atoms with Crippen LogP contribution < -0.4 is 10.2 Å². The Labute approximate surface area is 199 Å². The zero-order chi connectivity index (χ0) is 22.3. The lowest BCUT2D eigenvalue weighted by Gasteiger charge is -2.25. The van der Waals surface area contributed by atoms with Gasteiger partial charge in [0.2, 0.25) is 0 Å². The number of nitrogens with one attached hydrogen (secondary N) is 1. The molecule has 1 fully saturated rings. The number of halogens is 1. The summed E-state index contributed by atoms with van der Waals surface area (Å²) in [5.41, 5.74) is 8.75. The Morgan fingerprint density at radius 3 is 2.47 bits per heavy atom. The number of hydrogen-bond donors (Lipinski definition) is 1. The molecule has 1 aliphatic carbocycles. The van der Waals surface area contributed by atoms with Crippen LogP contribution in [-0.2, 0) is 12.0 Å². The molecule has 3 aromatic rings. The van der Waals surface area contributed by atoms with Crippen molar-refractivity contribution >= 4 is 27.6 Å². The summed E-state index contributed by atoms with van der Waals surface area (Å²) in [6.45, 7) is 5.64. The smallest absolute Gasteiger partial charge is 0.322 e. The van der Waals surface area contributed by atoms with Gasteiger partial charge in [-0.05, 0) is 78.8 Å². The molecule has 0 saturated heterocycles. The highest BCUT2D eigenvalue weighted by atomic mass is 79.9. The van der Waals surface area contributed by atoms with Crippen LogP contribution in [-0.4, -0.2) is 12.6 Å². The van der Waals surface area contributed by atoms with Gasteiger partial charge in [0.25, 0.3) is 0 Å². The molecule has 0 aromatic heterocycles. The number of rotatable bonds is 3. The van der Waals surface area contributed by atoms with Crippen molar-refractivity contribution in [3.05, 3.63) is 87.4 Å². The van der Waals surface area contributed by atoms with E-state index < -0.39 is 0 Å². The average Bonchev–Trinajstić information content (AvgIpc) is 3.39. The van der Waals surface area contributed by atoms with E-state index in [2.05, 4.69) is 71.5 Å². The monoisotopic (exact) mass is 488 g/mol. The molecule has 1 saturated carbocycles. The summed E-state index contributed by atoms with van der Waals surface area (Å²) in [6, 6.07) is 21.5. The fourth-order valence-electron chi connectivity index (χ4n) is 5.51. The molecule has 1 spiro atoms. The zero-order valence-electron chi connectivity index (χ0n) is 18.7.